The molecule has 0 saturated carbocycles. The number of carbonyl (C=O) groups excluding carboxylic acids is 1. The molecule has 21 heavy (non-hydrogen) atoms. The molecule has 0 bridgehead atoms. The SMILES string of the molecule is CC1CCN(C(=O)Nc2cc(Cl)cc(C(=O)O)c2)C1CO. The lowest BCUT2D eigenvalue weighted by Gasteiger charge is -2.25. The van der Waals surface area contributed by atoms with E-state index in [1.54, 1.807) is 4.90 Å². The van der Waals surface area contributed by atoms with Gasteiger partial charge in [-0.1, -0.05) is 18.5 Å². The van der Waals surface area contributed by atoms with Gasteiger partial charge in [0.15, 0.2) is 0 Å². The van der Waals surface area contributed by atoms with Crippen molar-refractivity contribution in [3.8, 4) is 0 Å². The molecule has 0 aromatic heterocycles. The van der Waals surface area contributed by atoms with Crippen LogP contribution >= 0.6 is 11.6 Å². The van der Waals surface area contributed by atoms with Crippen molar-refractivity contribution in [2.75, 3.05) is 18.5 Å². The summed E-state index contributed by atoms with van der Waals surface area (Å²) in [5.41, 5.74) is 0.326. The van der Waals surface area contributed by atoms with Crippen molar-refractivity contribution in [1.29, 1.82) is 0 Å². The number of likely N-dealkylation sites (tertiary alicyclic amines) is 1. The van der Waals surface area contributed by atoms with E-state index >= 15 is 0 Å². The average molecular weight is 313 g/mol. The lowest BCUT2D eigenvalue weighted by atomic mass is 10.0. The second-order valence-corrected chi connectivity index (χ2v) is 5.61. The number of carboxylic acid groups (broad SMARTS) is 1. The number of urea groups is 1. The third-order valence-electron chi connectivity index (χ3n) is 3.73. The van der Waals surface area contributed by atoms with Crippen molar-refractivity contribution in [2.45, 2.75) is 19.4 Å². The van der Waals surface area contributed by atoms with E-state index in [1.165, 1.54) is 18.2 Å². The number of carboxylic acids is 1. The van der Waals surface area contributed by atoms with Gasteiger partial charge in [0.25, 0.3) is 0 Å². The van der Waals surface area contributed by atoms with Crippen LogP contribution in [0.4, 0.5) is 10.5 Å². The molecule has 3 N–H and O–H groups in total. The van der Waals surface area contributed by atoms with Crippen LogP contribution in [0.25, 0.3) is 0 Å². The summed E-state index contributed by atoms with van der Waals surface area (Å²) in [7, 11) is 0. The number of benzene rings is 1. The molecule has 6 nitrogen and oxygen atoms in total. The van der Waals surface area contributed by atoms with E-state index < -0.39 is 5.97 Å². The van der Waals surface area contributed by atoms with Crippen LogP contribution in [0.2, 0.25) is 5.02 Å². The van der Waals surface area contributed by atoms with Crippen molar-refractivity contribution in [2.24, 2.45) is 5.92 Å². The lowest BCUT2D eigenvalue weighted by molar-refractivity contribution is 0.0697. The molecule has 7 heteroatoms. The van der Waals surface area contributed by atoms with E-state index in [1.807, 2.05) is 6.92 Å². The first kappa shape index (κ1) is 15.6. The molecule has 114 valence electrons. The maximum absolute atomic E-state index is 12.2. The van der Waals surface area contributed by atoms with Gasteiger partial charge in [-0.3, -0.25) is 0 Å². The Labute approximate surface area is 127 Å². The second kappa shape index (κ2) is 6.32. The number of hydrogen-bond acceptors (Lipinski definition) is 3. The quantitative estimate of drug-likeness (QED) is 0.798. The zero-order valence-corrected chi connectivity index (χ0v) is 12.3. The Morgan fingerprint density at radius 1 is 1.43 bits per heavy atom. The van der Waals surface area contributed by atoms with Gasteiger partial charge < -0.3 is 20.4 Å². The molecule has 0 aliphatic carbocycles. The van der Waals surface area contributed by atoms with Crippen LogP contribution in [-0.2, 0) is 0 Å². The van der Waals surface area contributed by atoms with Crippen LogP contribution in [0.15, 0.2) is 18.2 Å². The minimum atomic E-state index is -1.11. The predicted octanol–water partition coefficient (Wildman–Crippen LogP) is 2.27. The Kier molecular flexibility index (Phi) is 4.69. The van der Waals surface area contributed by atoms with Crippen molar-refractivity contribution in [3.05, 3.63) is 28.8 Å². The minimum absolute atomic E-state index is 0.00583. The summed E-state index contributed by atoms with van der Waals surface area (Å²) in [6.07, 6.45) is 0.828. The third kappa shape index (κ3) is 3.46. The average Bonchev–Trinajstić information content (AvgIpc) is 2.79. The molecular formula is C14H17ClN2O4. The van der Waals surface area contributed by atoms with Gasteiger partial charge in [0.1, 0.15) is 0 Å². The fourth-order valence-corrected chi connectivity index (χ4v) is 2.75. The summed E-state index contributed by atoms with van der Waals surface area (Å²) in [5, 5.41) is 21.2. The Bertz CT molecular complexity index is 564. The molecule has 1 aliphatic heterocycles. The van der Waals surface area contributed by atoms with Gasteiger partial charge in [0, 0.05) is 17.3 Å². The topological polar surface area (TPSA) is 89.9 Å². The van der Waals surface area contributed by atoms with Gasteiger partial charge in [0.05, 0.1) is 18.2 Å². The van der Waals surface area contributed by atoms with Crippen molar-refractivity contribution in [3.63, 3.8) is 0 Å². The van der Waals surface area contributed by atoms with Gasteiger partial charge in [-0.25, -0.2) is 9.59 Å². The zero-order chi connectivity index (χ0) is 15.6. The van der Waals surface area contributed by atoms with E-state index in [2.05, 4.69) is 5.32 Å². The molecule has 0 radical (unpaired) electrons. The summed E-state index contributed by atoms with van der Waals surface area (Å²) < 4.78 is 0. The fraction of sp³-hybridized carbons (Fsp3) is 0.429. The third-order valence-corrected chi connectivity index (χ3v) is 3.94. The number of aromatic carboxylic acids is 1. The molecule has 1 heterocycles. The van der Waals surface area contributed by atoms with Crippen LogP contribution in [0, 0.1) is 5.92 Å². The summed E-state index contributed by atoms with van der Waals surface area (Å²) in [4.78, 5) is 24.8. The van der Waals surface area contributed by atoms with Gasteiger partial charge in [0.2, 0.25) is 0 Å². The van der Waals surface area contributed by atoms with Crippen LogP contribution in [0.3, 0.4) is 0 Å². The highest BCUT2D eigenvalue weighted by molar-refractivity contribution is 6.31. The predicted molar refractivity (Wildman–Crippen MR) is 78.8 cm³/mol. The van der Waals surface area contributed by atoms with Gasteiger partial charge in [-0.2, -0.15) is 0 Å². The lowest BCUT2D eigenvalue weighted by Crippen LogP contribution is -2.42. The highest BCUT2D eigenvalue weighted by atomic mass is 35.5. The van der Waals surface area contributed by atoms with E-state index in [-0.39, 0.29) is 35.2 Å². The summed E-state index contributed by atoms with van der Waals surface area (Å²) >= 11 is 5.85. The van der Waals surface area contributed by atoms with Crippen LogP contribution < -0.4 is 5.32 Å². The van der Waals surface area contributed by atoms with Crippen molar-refractivity contribution in [1.82, 2.24) is 4.90 Å². The van der Waals surface area contributed by atoms with E-state index in [0.717, 1.165) is 6.42 Å². The van der Waals surface area contributed by atoms with Gasteiger partial charge >= 0.3 is 12.0 Å². The Balaban J connectivity index is 2.14. The highest BCUT2D eigenvalue weighted by Gasteiger charge is 2.33. The largest absolute Gasteiger partial charge is 0.478 e. The molecular weight excluding hydrogens is 296 g/mol. The number of nitrogens with one attached hydrogen (secondary N) is 1. The first-order chi connectivity index (χ1) is 9.92. The summed E-state index contributed by atoms with van der Waals surface area (Å²) in [6.45, 7) is 2.45. The number of hydrogen-bond donors (Lipinski definition) is 3. The monoisotopic (exact) mass is 312 g/mol. The molecule has 1 aromatic carbocycles. The fourth-order valence-electron chi connectivity index (χ4n) is 2.52. The molecule has 2 atom stereocenters. The highest BCUT2D eigenvalue weighted by Crippen LogP contribution is 2.25. The Morgan fingerprint density at radius 3 is 2.76 bits per heavy atom. The van der Waals surface area contributed by atoms with E-state index in [9.17, 15) is 14.7 Å². The van der Waals surface area contributed by atoms with Gasteiger partial charge in [-0.05, 0) is 30.5 Å². The standard InChI is InChI=1S/C14H17ClN2O4/c1-8-2-3-17(12(8)7-18)14(21)16-11-5-9(13(19)20)4-10(15)6-11/h4-6,8,12,18H,2-3,7H2,1H3,(H,16,21)(H,19,20). The van der Waals surface area contributed by atoms with Crippen LogP contribution in [0.5, 0.6) is 0 Å². The number of aliphatic hydroxyl groups excluding tert-OH is 1. The zero-order valence-electron chi connectivity index (χ0n) is 11.5. The summed E-state index contributed by atoms with van der Waals surface area (Å²) in [6, 6.07) is 3.56. The number of rotatable bonds is 3. The maximum Gasteiger partial charge on any atom is 0.335 e. The maximum atomic E-state index is 12.2. The Hall–Kier alpha value is -1.79. The van der Waals surface area contributed by atoms with Crippen molar-refractivity contribution < 1.29 is 19.8 Å². The second-order valence-electron chi connectivity index (χ2n) is 5.17. The normalized spacial score (nSPS) is 21.4. The number of amides is 2. The molecule has 0 spiro atoms. The number of halogens is 1. The van der Waals surface area contributed by atoms with E-state index in [4.69, 9.17) is 16.7 Å². The molecule has 2 unspecified atom stereocenters. The van der Waals surface area contributed by atoms with Crippen LogP contribution in [0.1, 0.15) is 23.7 Å². The molecule has 1 aromatic rings. The van der Waals surface area contributed by atoms with Crippen molar-refractivity contribution >= 4 is 29.3 Å². The molecule has 1 saturated heterocycles. The number of anilines is 1. The molecule has 2 amide bonds. The minimum Gasteiger partial charge on any atom is -0.478 e. The molecule has 1 fully saturated rings. The first-order valence-electron chi connectivity index (χ1n) is 6.64. The molecule has 2 rings (SSSR count). The molecule has 1 aliphatic rings. The smallest absolute Gasteiger partial charge is 0.335 e. The summed E-state index contributed by atoms with van der Waals surface area (Å²) in [5.74, 6) is -0.884. The number of aliphatic hydroxyl groups is 1. The number of nitrogens with zero attached hydrogens (tertiary/aromatic N) is 1. The van der Waals surface area contributed by atoms with Gasteiger partial charge in [-0.15, -0.1) is 0 Å². The first-order valence-corrected chi connectivity index (χ1v) is 7.02. The van der Waals surface area contributed by atoms with Crippen LogP contribution in [-0.4, -0.2) is 46.3 Å². The number of carbonyl (C=O) groups is 2. The Morgan fingerprint density at radius 2 is 2.14 bits per heavy atom. The van der Waals surface area contributed by atoms with E-state index in [0.29, 0.717) is 12.2 Å².